The molecule has 0 aliphatic heterocycles. The highest BCUT2D eigenvalue weighted by Crippen LogP contribution is 2.22. The van der Waals surface area contributed by atoms with Gasteiger partial charge in [0.15, 0.2) is 6.61 Å². The van der Waals surface area contributed by atoms with Gasteiger partial charge < -0.3 is 14.4 Å². The van der Waals surface area contributed by atoms with Gasteiger partial charge in [-0.25, -0.2) is 0 Å². The van der Waals surface area contributed by atoms with Crippen molar-refractivity contribution in [1.82, 2.24) is 9.78 Å². The van der Waals surface area contributed by atoms with Crippen LogP contribution in [0.15, 0.2) is 24.3 Å². The van der Waals surface area contributed by atoms with E-state index in [2.05, 4.69) is 5.10 Å². The molecule has 0 spiro atoms. The van der Waals surface area contributed by atoms with Gasteiger partial charge in [-0.2, -0.15) is 10.4 Å². The molecule has 0 aliphatic carbocycles. The molecule has 0 aliphatic rings. The minimum atomic E-state index is -0.763. The maximum atomic E-state index is 12.6. The van der Waals surface area contributed by atoms with Crippen LogP contribution in [0.3, 0.4) is 0 Å². The molecule has 0 N–H and O–H groups in total. The van der Waals surface area contributed by atoms with Gasteiger partial charge in [0.1, 0.15) is 23.7 Å². The van der Waals surface area contributed by atoms with E-state index in [-0.39, 0.29) is 36.6 Å². The zero-order chi connectivity index (χ0) is 23.0. The van der Waals surface area contributed by atoms with Crippen LogP contribution in [0, 0.1) is 35.3 Å². The maximum Gasteiger partial charge on any atom is 0.328 e. The highest BCUT2D eigenvalue weighted by molar-refractivity contribution is 5.95. The molecule has 0 fully saturated rings. The summed E-state index contributed by atoms with van der Waals surface area (Å²) in [5.74, 6) is -0.628. The first-order valence-corrected chi connectivity index (χ1v) is 9.52. The Balaban J connectivity index is 2.03. The van der Waals surface area contributed by atoms with Crippen molar-refractivity contribution in [3.05, 3.63) is 45.8 Å². The fourth-order valence-corrected chi connectivity index (χ4v) is 2.94. The van der Waals surface area contributed by atoms with Crippen molar-refractivity contribution in [2.45, 2.75) is 33.7 Å². The molecule has 31 heavy (non-hydrogen) atoms. The number of anilines is 1. The smallest absolute Gasteiger partial charge is 0.328 e. The average molecular weight is 429 g/mol. The lowest BCUT2D eigenvalue weighted by molar-refractivity contribution is -0.386. The quantitative estimate of drug-likeness (QED) is 0.318. The Hall–Kier alpha value is -3.94. The van der Waals surface area contributed by atoms with E-state index in [0.29, 0.717) is 18.0 Å². The number of nitriles is 1. The minimum Gasteiger partial charge on any atom is -0.494 e. The molecular weight excluding hydrogens is 406 g/mol. The van der Waals surface area contributed by atoms with Gasteiger partial charge in [-0.3, -0.25) is 24.4 Å². The normalized spacial score (nSPS) is 10.3. The number of nitrogens with zero attached hydrogens (tertiary/aromatic N) is 5. The van der Waals surface area contributed by atoms with E-state index in [1.807, 2.05) is 13.0 Å². The Morgan fingerprint density at radius 2 is 1.97 bits per heavy atom. The molecule has 1 aromatic carbocycles. The van der Waals surface area contributed by atoms with Crippen LogP contribution in [0.1, 0.15) is 24.7 Å². The van der Waals surface area contributed by atoms with Crippen molar-refractivity contribution in [1.29, 1.82) is 5.26 Å². The van der Waals surface area contributed by atoms with Crippen LogP contribution in [0.2, 0.25) is 0 Å². The molecule has 2 rings (SSSR count). The summed E-state index contributed by atoms with van der Waals surface area (Å²) in [4.78, 5) is 36.6. The van der Waals surface area contributed by atoms with Crippen molar-refractivity contribution < 1.29 is 24.0 Å². The molecule has 0 atom stereocenters. The van der Waals surface area contributed by atoms with Crippen LogP contribution >= 0.6 is 0 Å². The zero-order valence-electron chi connectivity index (χ0n) is 17.5. The molecule has 2 aromatic rings. The van der Waals surface area contributed by atoms with E-state index in [0.717, 1.165) is 0 Å². The van der Waals surface area contributed by atoms with Gasteiger partial charge in [-0.1, -0.05) is 0 Å². The van der Waals surface area contributed by atoms with Gasteiger partial charge >= 0.3 is 11.7 Å². The lowest BCUT2D eigenvalue weighted by atomic mass is 10.2. The summed E-state index contributed by atoms with van der Waals surface area (Å²) in [6.45, 7) is 4.53. The summed E-state index contributed by atoms with van der Waals surface area (Å²) in [6, 6.07) is 8.74. The summed E-state index contributed by atoms with van der Waals surface area (Å²) < 4.78 is 11.6. The first kappa shape index (κ1) is 23.3. The number of aryl methyl sites for hydroxylation is 1. The number of benzene rings is 1. The number of hydrogen-bond donors (Lipinski definition) is 0. The number of ether oxygens (including phenoxy) is 2. The summed E-state index contributed by atoms with van der Waals surface area (Å²) in [5, 5.41) is 23.9. The first-order valence-electron chi connectivity index (χ1n) is 9.52. The van der Waals surface area contributed by atoms with Crippen LogP contribution in [0.25, 0.3) is 0 Å². The second-order valence-electron chi connectivity index (χ2n) is 6.48. The largest absolute Gasteiger partial charge is 0.494 e. The summed E-state index contributed by atoms with van der Waals surface area (Å²) in [5.41, 5.74) is 0.774. The van der Waals surface area contributed by atoms with Crippen LogP contribution < -0.4 is 9.64 Å². The average Bonchev–Trinajstić information content (AvgIpc) is 3.01. The van der Waals surface area contributed by atoms with Gasteiger partial charge in [-0.15, -0.1) is 0 Å². The molecular formula is C20H23N5O6. The lowest BCUT2D eigenvalue weighted by Crippen LogP contribution is -2.36. The predicted molar refractivity (Wildman–Crippen MR) is 110 cm³/mol. The van der Waals surface area contributed by atoms with Crippen LogP contribution in [-0.2, 0) is 20.9 Å². The summed E-state index contributed by atoms with van der Waals surface area (Å²) >= 11 is 0. The van der Waals surface area contributed by atoms with E-state index >= 15 is 0 Å². The lowest BCUT2D eigenvalue weighted by Gasteiger charge is -2.22. The van der Waals surface area contributed by atoms with Crippen molar-refractivity contribution in [3.8, 4) is 11.8 Å². The SMILES string of the molecule is CCOc1ccc(N(CCC#N)C(=O)COC(=O)Cn2nc(C)c([N+](=O)[O-])c2C)cc1. The Bertz CT molecular complexity index is 993. The fourth-order valence-electron chi connectivity index (χ4n) is 2.94. The molecule has 0 radical (unpaired) electrons. The molecule has 11 heteroatoms. The molecule has 0 saturated carbocycles. The second-order valence-corrected chi connectivity index (χ2v) is 6.48. The molecule has 0 unspecified atom stereocenters. The first-order chi connectivity index (χ1) is 14.8. The number of carbonyl (C=O) groups is 2. The number of nitro groups is 1. The van der Waals surface area contributed by atoms with Gasteiger partial charge in [0, 0.05) is 12.2 Å². The highest BCUT2D eigenvalue weighted by atomic mass is 16.6. The zero-order valence-corrected chi connectivity index (χ0v) is 17.5. The molecule has 1 amide bonds. The van der Waals surface area contributed by atoms with Gasteiger partial charge in [-0.05, 0) is 45.0 Å². The number of amides is 1. The van der Waals surface area contributed by atoms with E-state index in [1.54, 1.807) is 24.3 Å². The predicted octanol–water partition coefficient (Wildman–Crippen LogP) is 2.30. The third-order valence-corrected chi connectivity index (χ3v) is 4.37. The summed E-state index contributed by atoms with van der Waals surface area (Å²) in [6.07, 6.45) is 0.0995. The van der Waals surface area contributed by atoms with Crippen LogP contribution in [0.5, 0.6) is 5.75 Å². The topological polar surface area (TPSA) is 141 Å². The second kappa shape index (κ2) is 10.7. The van der Waals surface area contributed by atoms with Crippen molar-refractivity contribution in [2.75, 3.05) is 24.7 Å². The van der Waals surface area contributed by atoms with Gasteiger partial charge in [0.05, 0.1) is 24.0 Å². The monoisotopic (exact) mass is 429 g/mol. The third-order valence-electron chi connectivity index (χ3n) is 4.37. The van der Waals surface area contributed by atoms with E-state index < -0.39 is 23.4 Å². The van der Waals surface area contributed by atoms with Gasteiger partial charge in [0.2, 0.25) is 0 Å². The molecule has 11 nitrogen and oxygen atoms in total. The maximum absolute atomic E-state index is 12.6. The van der Waals surface area contributed by atoms with Crippen LogP contribution in [-0.4, -0.2) is 46.3 Å². The Labute approximate surface area is 178 Å². The molecule has 164 valence electrons. The van der Waals surface area contributed by atoms with E-state index in [1.165, 1.54) is 23.4 Å². The number of hydrogen-bond acceptors (Lipinski definition) is 8. The Kier molecular flexibility index (Phi) is 8.08. The number of esters is 1. The number of carbonyl (C=O) groups excluding carboxylic acids is 2. The number of rotatable bonds is 10. The van der Waals surface area contributed by atoms with Crippen molar-refractivity contribution in [2.24, 2.45) is 0 Å². The molecule has 1 aromatic heterocycles. The van der Waals surface area contributed by atoms with E-state index in [9.17, 15) is 19.7 Å². The fraction of sp³-hybridized carbons (Fsp3) is 0.400. The van der Waals surface area contributed by atoms with E-state index in [4.69, 9.17) is 14.7 Å². The molecule has 0 bridgehead atoms. The molecule has 1 heterocycles. The minimum absolute atomic E-state index is 0.0995. The number of aromatic nitrogens is 2. The van der Waals surface area contributed by atoms with Crippen molar-refractivity contribution >= 4 is 23.3 Å². The highest BCUT2D eigenvalue weighted by Gasteiger charge is 2.24. The third kappa shape index (κ3) is 6.02. The van der Waals surface area contributed by atoms with Crippen LogP contribution in [0.4, 0.5) is 11.4 Å². The van der Waals surface area contributed by atoms with Crippen molar-refractivity contribution in [3.63, 3.8) is 0 Å². The Morgan fingerprint density at radius 1 is 1.29 bits per heavy atom. The Morgan fingerprint density at radius 3 is 2.52 bits per heavy atom. The standard InChI is InChI=1S/C20H23N5O6/c1-4-30-17-8-6-16(7-9-17)23(11-5-10-21)18(26)13-31-19(27)12-24-15(3)20(25(28)29)14(2)22-24/h6-9H,4-5,11-13H2,1-3H3. The summed E-state index contributed by atoms with van der Waals surface area (Å²) in [7, 11) is 0. The molecule has 0 saturated heterocycles. The van der Waals surface area contributed by atoms with Gasteiger partial charge in [0.25, 0.3) is 5.91 Å².